The van der Waals surface area contributed by atoms with Gasteiger partial charge in [-0.1, -0.05) is 0 Å². The second kappa shape index (κ2) is 7.48. The Morgan fingerprint density at radius 2 is 2.17 bits per heavy atom. The molecule has 1 saturated carbocycles. The molecule has 8 nitrogen and oxygen atoms in total. The number of H-pyrrole nitrogens is 1. The fourth-order valence-corrected chi connectivity index (χ4v) is 4.22. The maximum atomic E-state index is 13.0. The first-order valence-corrected chi connectivity index (χ1v) is 10.1. The molecule has 0 saturated heterocycles. The summed E-state index contributed by atoms with van der Waals surface area (Å²) in [6, 6.07) is 4.38. The minimum atomic E-state index is -1.00. The summed E-state index contributed by atoms with van der Waals surface area (Å²) < 4.78 is 2.05. The lowest BCUT2D eigenvalue weighted by atomic mass is 9.84. The Morgan fingerprint density at radius 1 is 1.41 bits per heavy atom. The quantitative estimate of drug-likeness (QED) is 0.614. The average Bonchev–Trinajstić information content (AvgIpc) is 3.30. The van der Waals surface area contributed by atoms with Gasteiger partial charge in [0.05, 0.1) is 23.4 Å². The van der Waals surface area contributed by atoms with Crippen molar-refractivity contribution in [3.05, 3.63) is 24.3 Å². The van der Waals surface area contributed by atoms with E-state index >= 15 is 0 Å². The number of carbonyl (C=O) groups excluding carboxylic acids is 1. The highest BCUT2D eigenvalue weighted by molar-refractivity contribution is 6.04. The number of hydrogen-bond donors (Lipinski definition) is 3. The summed E-state index contributed by atoms with van der Waals surface area (Å²) in [5.74, 6) is 0.474. The van der Waals surface area contributed by atoms with Crippen LogP contribution in [0.3, 0.4) is 0 Å². The molecule has 8 heteroatoms. The third-order valence-corrected chi connectivity index (χ3v) is 5.68. The minimum Gasteiger partial charge on any atom is -0.389 e. The van der Waals surface area contributed by atoms with Crippen molar-refractivity contribution < 1.29 is 9.90 Å². The first-order valence-electron chi connectivity index (χ1n) is 10.1. The molecule has 3 aromatic heterocycles. The Morgan fingerprint density at radius 3 is 2.86 bits per heavy atom. The van der Waals surface area contributed by atoms with E-state index in [0.717, 1.165) is 42.2 Å². The molecule has 4 rings (SSSR count). The summed E-state index contributed by atoms with van der Waals surface area (Å²) >= 11 is 0. The largest absolute Gasteiger partial charge is 0.389 e. The van der Waals surface area contributed by atoms with Crippen LogP contribution in [-0.4, -0.2) is 42.7 Å². The molecule has 0 radical (unpaired) electrons. The van der Waals surface area contributed by atoms with E-state index in [4.69, 9.17) is 5.26 Å². The fraction of sp³-hybridized carbons (Fsp3) is 0.524. The number of imidazole rings is 1. The van der Waals surface area contributed by atoms with Crippen LogP contribution in [-0.2, 0) is 0 Å². The molecule has 0 aliphatic heterocycles. The van der Waals surface area contributed by atoms with Crippen LogP contribution >= 0.6 is 0 Å². The topological polar surface area (TPSA) is 120 Å². The van der Waals surface area contributed by atoms with Crippen LogP contribution in [0.1, 0.15) is 62.6 Å². The summed E-state index contributed by atoms with van der Waals surface area (Å²) in [5, 5.41) is 22.7. The Labute approximate surface area is 168 Å². The molecule has 29 heavy (non-hydrogen) atoms. The predicted octanol–water partition coefficient (Wildman–Crippen LogP) is 3.06. The third kappa shape index (κ3) is 3.83. The van der Waals surface area contributed by atoms with Gasteiger partial charge in [-0.05, 0) is 51.5 Å². The molecule has 0 spiro atoms. The first kappa shape index (κ1) is 19.4. The third-order valence-electron chi connectivity index (χ3n) is 5.68. The Hall–Kier alpha value is -2.92. The molecular weight excluding hydrogens is 368 g/mol. The molecule has 3 aromatic rings. The number of pyridine rings is 1. The fourth-order valence-electron chi connectivity index (χ4n) is 4.22. The summed E-state index contributed by atoms with van der Waals surface area (Å²) in [6.45, 7) is 3.45. The van der Waals surface area contributed by atoms with E-state index in [1.54, 1.807) is 20.0 Å². The standard InChI is InChI=1S/C21H26N6O2/c1-21(2,29)12-25-20(28)19-26-16-11-24-18-15(8-10-23-18)17(16)27(19)14-5-3-13(4-6-14)7-9-22/h8,10-11,13-14,29H,3-7,12H2,1-2H3,(H,23,24)(H,25,28). The number of nitriles is 1. The van der Waals surface area contributed by atoms with Crippen molar-refractivity contribution in [2.24, 2.45) is 5.92 Å². The molecule has 0 unspecified atom stereocenters. The van der Waals surface area contributed by atoms with Crippen molar-refractivity contribution in [2.75, 3.05) is 6.54 Å². The molecule has 3 N–H and O–H groups in total. The highest BCUT2D eigenvalue weighted by Gasteiger charge is 2.29. The normalized spacial score (nSPS) is 20.1. The van der Waals surface area contributed by atoms with Gasteiger partial charge in [0.25, 0.3) is 5.91 Å². The summed E-state index contributed by atoms with van der Waals surface area (Å²) in [4.78, 5) is 25.1. The van der Waals surface area contributed by atoms with Gasteiger partial charge >= 0.3 is 0 Å². The smallest absolute Gasteiger partial charge is 0.287 e. The number of carbonyl (C=O) groups is 1. The Bertz CT molecular complexity index is 1080. The van der Waals surface area contributed by atoms with Crippen molar-refractivity contribution >= 4 is 28.0 Å². The molecule has 152 valence electrons. The van der Waals surface area contributed by atoms with Gasteiger partial charge in [0.2, 0.25) is 0 Å². The number of aliphatic hydroxyl groups is 1. The number of nitrogens with zero attached hydrogens (tertiary/aromatic N) is 4. The van der Waals surface area contributed by atoms with Gasteiger partial charge in [-0.3, -0.25) is 4.79 Å². The van der Waals surface area contributed by atoms with Crippen LogP contribution in [0.25, 0.3) is 22.1 Å². The van der Waals surface area contributed by atoms with Gasteiger partial charge in [0.1, 0.15) is 11.2 Å². The van der Waals surface area contributed by atoms with Crippen LogP contribution in [0.2, 0.25) is 0 Å². The van der Waals surface area contributed by atoms with Gasteiger partial charge in [-0.2, -0.15) is 5.26 Å². The minimum absolute atomic E-state index is 0.137. The predicted molar refractivity (Wildman–Crippen MR) is 109 cm³/mol. The molecule has 0 atom stereocenters. The summed E-state index contributed by atoms with van der Waals surface area (Å²) in [5.41, 5.74) is 1.36. The highest BCUT2D eigenvalue weighted by atomic mass is 16.3. The van der Waals surface area contributed by atoms with Crippen molar-refractivity contribution in [1.29, 1.82) is 5.26 Å². The molecular formula is C21H26N6O2. The van der Waals surface area contributed by atoms with Gasteiger partial charge in [-0.15, -0.1) is 0 Å². The van der Waals surface area contributed by atoms with Gasteiger partial charge in [-0.25, -0.2) is 9.97 Å². The van der Waals surface area contributed by atoms with E-state index < -0.39 is 5.60 Å². The number of rotatable bonds is 5. The van der Waals surface area contributed by atoms with Crippen LogP contribution in [0.15, 0.2) is 18.5 Å². The summed E-state index contributed by atoms with van der Waals surface area (Å²) in [6.07, 6.45) is 7.84. The second-order valence-electron chi connectivity index (χ2n) is 8.57. The second-order valence-corrected chi connectivity index (χ2v) is 8.57. The van der Waals surface area contributed by atoms with Crippen LogP contribution in [0.5, 0.6) is 0 Å². The zero-order chi connectivity index (χ0) is 20.6. The zero-order valence-corrected chi connectivity index (χ0v) is 16.8. The number of nitrogens with one attached hydrogen (secondary N) is 2. The maximum Gasteiger partial charge on any atom is 0.287 e. The Balaban J connectivity index is 1.76. The van der Waals surface area contributed by atoms with Crippen LogP contribution in [0.4, 0.5) is 0 Å². The molecule has 3 heterocycles. The summed E-state index contributed by atoms with van der Waals surface area (Å²) in [7, 11) is 0. The van der Waals surface area contributed by atoms with E-state index in [1.165, 1.54) is 0 Å². The molecule has 0 aromatic carbocycles. The van der Waals surface area contributed by atoms with Gasteiger partial charge in [0, 0.05) is 30.6 Å². The maximum absolute atomic E-state index is 13.0. The lowest BCUT2D eigenvalue weighted by Crippen LogP contribution is -2.39. The molecule has 1 fully saturated rings. The van der Waals surface area contributed by atoms with Gasteiger partial charge in [0.15, 0.2) is 5.82 Å². The van der Waals surface area contributed by atoms with Crippen LogP contribution < -0.4 is 5.32 Å². The molecule has 1 aliphatic rings. The van der Waals surface area contributed by atoms with Crippen molar-refractivity contribution in [2.45, 2.75) is 57.6 Å². The SMILES string of the molecule is CC(C)(O)CNC(=O)c1nc2cnc3[nH]ccc3c2n1C1CCC(CC#N)CC1. The van der Waals surface area contributed by atoms with E-state index in [0.29, 0.717) is 23.7 Å². The van der Waals surface area contributed by atoms with E-state index in [9.17, 15) is 9.90 Å². The lowest BCUT2D eigenvalue weighted by molar-refractivity contribution is 0.0685. The average molecular weight is 394 g/mol. The van der Waals surface area contributed by atoms with E-state index in [2.05, 4.69) is 30.9 Å². The first-order chi connectivity index (χ1) is 13.9. The lowest BCUT2D eigenvalue weighted by Gasteiger charge is -2.29. The van der Waals surface area contributed by atoms with E-state index in [-0.39, 0.29) is 18.5 Å². The van der Waals surface area contributed by atoms with Crippen LogP contribution in [0, 0.1) is 17.2 Å². The number of fused-ring (bicyclic) bond motifs is 3. The molecule has 0 bridgehead atoms. The highest BCUT2D eigenvalue weighted by Crippen LogP contribution is 2.37. The van der Waals surface area contributed by atoms with E-state index in [1.807, 2.05) is 12.3 Å². The number of aromatic nitrogens is 4. The number of hydrogen-bond acceptors (Lipinski definition) is 5. The number of aromatic amines is 1. The molecule has 1 aliphatic carbocycles. The monoisotopic (exact) mass is 394 g/mol. The van der Waals surface area contributed by atoms with Crippen molar-refractivity contribution in [1.82, 2.24) is 24.8 Å². The zero-order valence-electron chi connectivity index (χ0n) is 16.8. The molecule has 1 amide bonds. The Kier molecular flexibility index (Phi) is 5.01. The van der Waals surface area contributed by atoms with Gasteiger partial charge < -0.3 is 20.0 Å². The van der Waals surface area contributed by atoms with Crippen molar-refractivity contribution in [3.63, 3.8) is 0 Å². The van der Waals surface area contributed by atoms with Crippen molar-refractivity contribution in [3.8, 4) is 6.07 Å². The number of amides is 1.